The van der Waals surface area contributed by atoms with Crippen LogP contribution in [0.5, 0.6) is 0 Å². The van der Waals surface area contributed by atoms with Crippen molar-refractivity contribution in [2.45, 2.75) is 19.8 Å². The molecule has 1 N–H and O–H groups in total. The fourth-order valence-electron chi connectivity index (χ4n) is 1.25. The normalized spacial score (nSPS) is 12.6. The van der Waals surface area contributed by atoms with Gasteiger partial charge in [-0.25, -0.2) is 0 Å². The smallest absolute Gasteiger partial charge is 0.258 e. The van der Waals surface area contributed by atoms with E-state index < -0.39 is 0 Å². The van der Waals surface area contributed by atoms with Crippen molar-refractivity contribution in [1.29, 1.82) is 0 Å². The molecule has 0 saturated heterocycles. The van der Waals surface area contributed by atoms with E-state index in [2.05, 4.69) is 28.2 Å². The summed E-state index contributed by atoms with van der Waals surface area (Å²) in [5.74, 6) is -0.601. The molecule has 16 heavy (non-hydrogen) atoms. The average Bonchev–Trinajstić information content (AvgIpc) is 2.58. The van der Waals surface area contributed by atoms with E-state index in [-0.39, 0.29) is 11.8 Å². The third kappa shape index (κ3) is 3.17. The molecule has 0 unspecified atom stereocenters. The summed E-state index contributed by atoms with van der Waals surface area (Å²) < 4.78 is 0. The van der Waals surface area contributed by atoms with Crippen LogP contribution in [-0.2, 0) is 0 Å². The Bertz CT molecular complexity index is 355. The van der Waals surface area contributed by atoms with Crippen molar-refractivity contribution < 1.29 is 9.59 Å². The molecule has 0 bridgehead atoms. The Morgan fingerprint density at radius 2 is 1.62 bits per heavy atom. The third-order valence-corrected chi connectivity index (χ3v) is 2.69. The van der Waals surface area contributed by atoms with Crippen molar-refractivity contribution in [2.24, 2.45) is 0 Å². The van der Waals surface area contributed by atoms with Gasteiger partial charge in [-0.2, -0.15) is 0 Å². The molecule has 2 amide bonds. The number of hydrogen-bond acceptors (Lipinski definition) is 2. The molecule has 0 saturated carbocycles. The van der Waals surface area contributed by atoms with E-state index in [0.29, 0.717) is 11.1 Å². The minimum Gasteiger partial charge on any atom is -0.288 e. The topological polar surface area (TPSA) is 46.2 Å². The Labute approximate surface area is 103 Å². The molecule has 1 aromatic carbocycles. The first-order valence-electron chi connectivity index (χ1n) is 5.21. The number of carbonyl (C=O) groups excluding carboxylic acids is 2. The zero-order valence-corrected chi connectivity index (χ0v) is 10.7. The summed E-state index contributed by atoms with van der Waals surface area (Å²) in [5, 5.41) is 3.36. The number of halogens is 1. The Hall–Kier alpha value is -1.16. The van der Waals surface area contributed by atoms with Gasteiger partial charge in [0, 0.05) is 5.33 Å². The fraction of sp³-hybridized carbons (Fsp3) is 0.333. The predicted octanol–water partition coefficient (Wildman–Crippen LogP) is 2.75. The molecule has 4 heteroatoms. The second kappa shape index (κ2) is 6.43. The van der Waals surface area contributed by atoms with E-state index in [9.17, 15) is 9.59 Å². The molecule has 3 nitrogen and oxygen atoms in total. The molecular weight excluding hydrogens is 270 g/mol. The van der Waals surface area contributed by atoms with Gasteiger partial charge in [-0.3, -0.25) is 14.9 Å². The van der Waals surface area contributed by atoms with E-state index in [1.54, 1.807) is 24.3 Å². The van der Waals surface area contributed by atoms with E-state index in [1.807, 2.05) is 0 Å². The van der Waals surface area contributed by atoms with Gasteiger partial charge in [0.25, 0.3) is 11.8 Å². The SMILES string of the molecule is CCCCBr.O=C1NC(=O)c2ccccc21. The maximum absolute atomic E-state index is 10.9. The van der Waals surface area contributed by atoms with Crippen LogP contribution in [0.25, 0.3) is 0 Å². The van der Waals surface area contributed by atoms with Gasteiger partial charge >= 0.3 is 0 Å². The first kappa shape index (κ1) is 12.9. The summed E-state index contributed by atoms with van der Waals surface area (Å²) >= 11 is 3.31. The van der Waals surface area contributed by atoms with E-state index >= 15 is 0 Å². The minimum absolute atomic E-state index is 0.300. The number of amides is 2. The van der Waals surface area contributed by atoms with E-state index in [1.165, 1.54) is 12.8 Å². The highest BCUT2D eigenvalue weighted by atomic mass is 79.9. The number of benzene rings is 1. The van der Waals surface area contributed by atoms with Crippen LogP contribution < -0.4 is 5.32 Å². The number of imide groups is 1. The Balaban J connectivity index is 0.000000221. The highest BCUT2D eigenvalue weighted by molar-refractivity contribution is 9.09. The van der Waals surface area contributed by atoms with Gasteiger partial charge in [0.1, 0.15) is 0 Å². The second-order valence-corrected chi connectivity index (χ2v) is 4.16. The summed E-state index contributed by atoms with van der Waals surface area (Å²) in [6.45, 7) is 2.18. The largest absolute Gasteiger partial charge is 0.288 e. The van der Waals surface area contributed by atoms with Crippen LogP contribution in [0, 0.1) is 0 Å². The quantitative estimate of drug-likeness (QED) is 0.670. The van der Waals surface area contributed by atoms with Crippen molar-refractivity contribution in [2.75, 3.05) is 5.33 Å². The van der Waals surface area contributed by atoms with Crippen LogP contribution in [0.2, 0.25) is 0 Å². The van der Waals surface area contributed by atoms with Crippen LogP contribution in [-0.4, -0.2) is 17.1 Å². The van der Waals surface area contributed by atoms with Gasteiger partial charge in [0.2, 0.25) is 0 Å². The number of hydrogen-bond donors (Lipinski definition) is 1. The van der Waals surface area contributed by atoms with Crippen LogP contribution in [0.3, 0.4) is 0 Å². The molecule has 1 heterocycles. The number of alkyl halides is 1. The number of carbonyl (C=O) groups is 2. The molecule has 86 valence electrons. The average molecular weight is 284 g/mol. The zero-order chi connectivity index (χ0) is 12.0. The highest BCUT2D eigenvalue weighted by Crippen LogP contribution is 2.13. The monoisotopic (exact) mass is 283 g/mol. The van der Waals surface area contributed by atoms with Crippen LogP contribution in [0.15, 0.2) is 24.3 Å². The van der Waals surface area contributed by atoms with Gasteiger partial charge in [-0.05, 0) is 18.6 Å². The van der Waals surface area contributed by atoms with Crippen molar-refractivity contribution in [3.8, 4) is 0 Å². The number of nitrogens with one attached hydrogen (secondary N) is 1. The van der Waals surface area contributed by atoms with Crippen LogP contribution >= 0.6 is 15.9 Å². The maximum atomic E-state index is 10.9. The summed E-state index contributed by atoms with van der Waals surface area (Å²) in [7, 11) is 0. The van der Waals surface area contributed by atoms with Crippen molar-refractivity contribution >= 4 is 27.7 Å². The third-order valence-electron chi connectivity index (χ3n) is 2.13. The van der Waals surface area contributed by atoms with Gasteiger partial charge in [0.15, 0.2) is 0 Å². The molecular formula is C12H14BrNO2. The van der Waals surface area contributed by atoms with Gasteiger partial charge in [-0.15, -0.1) is 0 Å². The molecule has 1 aromatic rings. The lowest BCUT2D eigenvalue weighted by Crippen LogP contribution is -2.19. The van der Waals surface area contributed by atoms with Gasteiger partial charge in [0.05, 0.1) is 11.1 Å². The van der Waals surface area contributed by atoms with Crippen LogP contribution in [0.4, 0.5) is 0 Å². The molecule has 0 radical (unpaired) electrons. The highest BCUT2D eigenvalue weighted by Gasteiger charge is 2.25. The van der Waals surface area contributed by atoms with E-state index in [4.69, 9.17) is 0 Å². The Morgan fingerprint density at radius 1 is 1.12 bits per heavy atom. The summed E-state index contributed by atoms with van der Waals surface area (Å²) in [5.41, 5.74) is 0.940. The van der Waals surface area contributed by atoms with Crippen LogP contribution in [0.1, 0.15) is 40.5 Å². The molecule has 2 rings (SSSR count). The molecule has 1 aliphatic heterocycles. The van der Waals surface area contributed by atoms with E-state index in [0.717, 1.165) is 5.33 Å². The zero-order valence-electron chi connectivity index (χ0n) is 9.13. The first-order chi connectivity index (χ1) is 7.70. The Kier molecular flexibility index (Phi) is 5.19. The Morgan fingerprint density at radius 3 is 1.94 bits per heavy atom. The maximum Gasteiger partial charge on any atom is 0.258 e. The predicted molar refractivity (Wildman–Crippen MR) is 66.9 cm³/mol. The van der Waals surface area contributed by atoms with Crippen molar-refractivity contribution in [3.63, 3.8) is 0 Å². The second-order valence-electron chi connectivity index (χ2n) is 3.37. The number of fused-ring (bicyclic) bond motifs is 1. The summed E-state index contributed by atoms with van der Waals surface area (Å²) in [6.07, 6.45) is 2.60. The van der Waals surface area contributed by atoms with Crippen molar-refractivity contribution in [3.05, 3.63) is 35.4 Å². The molecule has 0 aliphatic carbocycles. The molecule has 1 aliphatic rings. The summed E-state index contributed by atoms with van der Waals surface area (Å²) in [6, 6.07) is 6.74. The number of unbranched alkanes of at least 4 members (excludes halogenated alkanes) is 1. The standard InChI is InChI=1S/C8H5NO2.C4H9Br/c10-7-5-3-1-2-4-6(5)8(11)9-7;1-2-3-4-5/h1-4H,(H,9,10,11);2-4H2,1H3. The lowest BCUT2D eigenvalue weighted by atomic mass is 10.1. The molecule has 0 atom stereocenters. The summed E-state index contributed by atoms with van der Waals surface area (Å²) in [4.78, 5) is 21.9. The minimum atomic E-state index is -0.300. The molecule has 0 aromatic heterocycles. The molecule has 0 spiro atoms. The van der Waals surface area contributed by atoms with Gasteiger partial charge in [-0.1, -0.05) is 41.4 Å². The van der Waals surface area contributed by atoms with Crippen molar-refractivity contribution in [1.82, 2.24) is 5.32 Å². The molecule has 0 fully saturated rings. The van der Waals surface area contributed by atoms with Gasteiger partial charge < -0.3 is 0 Å². The lowest BCUT2D eigenvalue weighted by Gasteiger charge is -1.88. The first-order valence-corrected chi connectivity index (χ1v) is 6.33. The fourth-order valence-corrected chi connectivity index (χ4v) is 1.81. The lowest BCUT2D eigenvalue weighted by molar-refractivity contribution is 0.0879. The number of rotatable bonds is 2.